The highest BCUT2D eigenvalue weighted by Gasteiger charge is 2.07. The second kappa shape index (κ2) is 5.66. The molecule has 0 aliphatic carbocycles. The fourth-order valence-electron chi connectivity index (χ4n) is 2.19. The summed E-state index contributed by atoms with van der Waals surface area (Å²) < 4.78 is 10.5. The summed E-state index contributed by atoms with van der Waals surface area (Å²) in [5.41, 5.74) is 3.01. The number of hydrogen-bond acceptors (Lipinski definition) is 5. The summed E-state index contributed by atoms with van der Waals surface area (Å²) in [6.45, 7) is 0. The van der Waals surface area contributed by atoms with Crippen LogP contribution in [0.4, 0.5) is 11.6 Å². The van der Waals surface area contributed by atoms with Gasteiger partial charge in [0, 0.05) is 11.8 Å². The lowest BCUT2D eigenvalue weighted by Crippen LogP contribution is -1.95. The molecule has 0 aliphatic rings. The molecule has 1 aromatic heterocycles. The van der Waals surface area contributed by atoms with Gasteiger partial charge in [0.15, 0.2) is 11.5 Å². The van der Waals surface area contributed by atoms with Crippen LogP contribution in [0.3, 0.4) is 0 Å². The highest BCUT2D eigenvalue weighted by Crippen LogP contribution is 2.31. The van der Waals surface area contributed by atoms with Crippen LogP contribution in [-0.2, 0) is 0 Å². The molecule has 1 heterocycles. The zero-order valence-electron chi connectivity index (χ0n) is 12.2. The summed E-state index contributed by atoms with van der Waals surface area (Å²) in [5, 5.41) is 12.1. The number of nitrogens with one attached hydrogen (secondary N) is 2. The number of nitriles is 1. The highest BCUT2D eigenvalue weighted by atomic mass is 16.5. The topological polar surface area (TPSA) is 83.0 Å². The van der Waals surface area contributed by atoms with Crippen molar-refractivity contribution < 1.29 is 9.47 Å². The standard InChI is InChI=1S/C16H14N4O2/c1-21-14-6-4-11(8-15(14)22-2)18-16-19-12-5-3-10(9-17)7-13(12)20-16/h3-8H,1-2H3,(H2,18,19,20). The van der Waals surface area contributed by atoms with E-state index in [2.05, 4.69) is 21.4 Å². The minimum atomic E-state index is 0.591. The number of anilines is 2. The van der Waals surface area contributed by atoms with Crippen molar-refractivity contribution in [3.63, 3.8) is 0 Å². The van der Waals surface area contributed by atoms with E-state index >= 15 is 0 Å². The molecule has 0 amide bonds. The lowest BCUT2D eigenvalue weighted by molar-refractivity contribution is 0.355. The van der Waals surface area contributed by atoms with Crippen molar-refractivity contribution in [1.29, 1.82) is 5.26 Å². The largest absolute Gasteiger partial charge is 0.493 e. The Morgan fingerprint density at radius 1 is 1.09 bits per heavy atom. The maximum atomic E-state index is 8.92. The summed E-state index contributed by atoms with van der Waals surface area (Å²) in [4.78, 5) is 7.57. The number of ether oxygens (including phenoxy) is 2. The van der Waals surface area contributed by atoms with Gasteiger partial charge in [-0.3, -0.25) is 0 Å². The molecule has 0 spiro atoms. The van der Waals surface area contributed by atoms with Crippen molar-refractivity contribution in [2.75, 3.05) is 19.5 Å². The molecule has 0 saturated heterocycles. The SMILES string of the molecule is COc1ccc(Nc2nc3ccc(C#N)cc3[nH]2)cc1OC. The molecular weight excluding hydrogens is 280 g/mol. The third-order valence-corrected chi connectivity index (χ3v) is 3.26. The lowest BCUT2D eigenvalue weighted by Gasteiger charge is -2.09. The molecule has 3 rings (SSSR count). The van der Waals surface area contributed by atoms with Gasteiger partial charge in [0.25, 0.3) is 0 Å². The fraction of sp³-hybridized carbons (Fsp3) is 0.125. The summed E-state index contributed by atoms with van der Waals surface area (Å²) in [6.07, 6.45) is 0. The molecule has 110 valence electrons. The fourth-order valence-corrected chi connectivity index (χ4v) is 2.19. The van der Waals surface area contributed by atoms with Crippen molar-refractivity contribution in [2.24, 2.45) is 0 Å². The number of benzene rings is 2. The van der Waals surface area contributed by atoms with Crippen LogP contribution in [0.1, 0.15) is 5.56 Å². The Labute approximate surface area is 127 Å². The van der Waals surface area contributed by atoms with E-state index in [1.165, 1.54) is 0 Å². The van der Waals surface area contributed by atoms with Gasteiger partial charge < -0.3 is 19.8 Å². The molecule has 6 heteroatoms. The number of fused-ring (bicyclic) bond motifs is 1. The van der Waals surface area contributed by atoms with E-state index in [-0.39, 0.29) is 0 Å². The van der Waals surface area contributed by atoms with Gasteiger partial charge in [-0.25, -0.2) is 4.98 Å². The van der Waals surface area contributed by atoms with Gasteiger partial charge in [0.2, 0.25) is 5.95 Å². The summed E-state index contributed by atoms with van der Waals surface area (Å²) in [7, 11) is 3.18. The van der Waals surface area contributed by atoms with Crippen molar-refractivity contribution in [3.05, 3.63) is 42.0 Å². The van der Waals surface area contributed by atoms with Crippen molar-refractivity contribution >= 4 is 22.7 Å². The molecule has 0 fully saturated rings. The van der Waals surface area contributed by atoms with E-state index in [1.807, 2.05) is 24.3 Å². The summed E-state index contributed by atoms with van der Waals surface area (Å²) in [5.74, 6) is 1.89. The lowest BCUT2D eigenvalue weighted by atomic mass is 10.2. The van der Waals surface area contributed by atoms with Gasteiger partial charge in [0.1, 0.15) is 0 Å². The number of aromatic nitrogens is 2. The molecule has 0 atom stereocenters. The van der Waals surface area contributed by atoms with E-state index < -0.39 is 0 Å². The summed E-state index contributed by atoms with van der Waals surface area (Å²) >= 11 is 0. The molecule has 6 nitrogen and oxygen atoms in total. The first-order valence-corrected chi connectivity index (χ1v) is 6.62. The molecule has 0 aliphatic heterocycles. The van der Waals surface area contributed by atoms with E-state index in [4.69, 9.17) is 14.7 Å². The van der Waals surface area contributed by atoms with Gasteiger partial charge in [-0.05, 0) is 30.3 Å². The first-order chi connectivity index (χ1) is 10.7. The molecular formula is C16H14N4O2. The Kier molecular flexibility index (Phi) is 3.54. The quantitative estimate of drug-likeness (QED) is 0.772. The molecule has 0 bridgehead atoms. The Balaban J connectivity index is 1.91. The maximum absolute atomic E-state index is 8.92. The minimum Gasteiger partial charge on any atom is -0.493 e. The number of nitrogens with zero attached hydrogens (tertiary/aromatic N) is 2. The van der Waals surface area contributed by atoms with Crippen LogP contribution in [0.2, 0.25) is 0 Å². The molecule has 0 unspecified atom stereocenters. The zero-order valence-corrected chi connectivity index (χ0v) is 12.2. The van der Waals surface area contributed by atoms with Crippen LogP contribution in [0.15, 0.2) is 36.4 Å². The molecule has 0 radical (unpaired) electrons. The number of aromatic amines is 1. The van der Waals surface area contributed by atoms with E-state index in [9.17, 15) is 0 Å². The maximum Gasteiger partial charge on any atom is 0.205 e. The smallest absolute Gasteiger partial charge is 0.205 e. The predicted molar refractivity (Wildman–Crippen MR) is 83.6 cm³/mol. The van der Waals surface area contributed by atoms with E-state index in [0.29, 0.717) is 23.0 Å². The van der Waals surface area contributed by atoms with Gasteiger partial charge in [-0.15, -0.1) is 0 Å². The van der Waals surface area contributed by atoms with Gasteiger partial charge in [0.05, 0.1) is 36.9 Å². The number of hydrogen-bond donors (Lipinski definition) is 2. The Morgan fingerprint density at radius 2 is 1.91 bits per heavy atom. The monoisotopic (exact) mass is 294 g/mol. The van der Waals surface area contributed by atoms with E-state index in [0.717, 1.165) is 16.7 Å². The van der Waals surface area contributed by atoms with Crippen LogP contribution in [0.25, 0.3) is 11.0 Å². The Hall–Kier alpha value is -3.20. The molecule has 3 aromatic rings. The Bertz CT molecular complexity index is 864. The van der Waals surface area contributed by atoms with Gasteiger partial charge in [-0.1, -0.05) is 0 Å². The minimum absolute atomic E-state index is 0.591. The van der Waals surface area contributed by atoms with Crippen LogP contribution in [0.5, 0.6) is 11.5 Å². The second-order valence-corrected chi connectivity index (χ2v) is 4.62. The first-order valence-electron chi connectivity index (χ1n) is 6.62. The molecule has 2 aromatic carbocycles. The van der Waals surface area contributed by atoms with Crippen LogP contribution >= 0.6 is 0 Å². The van der Waals surface area contributed by atoms with Crippen molar-refractivity contribution in [1.82, 2.24) is 9.97 Å². The summed E-state index contributed by atoms with van der Waals surface area (Å²) in [6, 6.07) is 12.9. The van der Waals surface area contributed by atoms with Gasteiger partial charge >= 0.3 is 0 Å². The first kappa shape index (κ1) is 13.8. The zero-order chi connectivity index (χ0) is 15.5. The third-order valence-electron chi connectivity index (χ3n) is 3.26. The number of H-pyrrole nitrogens is 1. The number of rotatable bonds is 4. The normalized spacial score (nSPS) is 10.2. The predicted octanol–water partition coefficient (Wildman–Crippen LogP) is 3.20. The molecule has 0 saturated carbocycles. The number of methoxy groups -OCH3 is 2. The third kappa shape index (κ3) is 2.52. The van der Waals surface area contributed by atoms with Crippen molar-refractivity contribution in [3.8, 4) is 17.6 Å². The average molecular weight is 294 g/mol. The number of imidazole rings is 1. The molecule has 2 N–H and O–H groups in total. The van der Waals surface area contributed by atoms with Crippen LogP contribution in [-0.4, -0.2) is 24.2 Å². The van der Waals surface area contributed by atoms with Gasteiger partial charge in [-0.2, -0.15) is 5.26 Å². The van der Waals surface area contributed by atoms with E-state index in [1.54, 1.807) is 26.4 Å². The van der Waals surface area contributed by atoms with Crippen LogP contribution < -0.4 is 14.8 Å². The molecule has 22 heavy (non-hydrogen) atoms. The second-order valence-electron chi connectivity index (χ2n) is 4.62. The highest BCUT2D eigenvalue weighted by molar-refractivity contribution is 5.80. The average Bonchev–Trinajstić information content (AvgIpc) is 2.95. The van der Waals surface area contributed by atoms with Crippen LogP contribution in [0, 0.1) is 11.3 Å². The Morgan fingerprint density at radius 3 is 2.64 bits per heavy atom. The van der Waals surface area contributed by atoms with Crippen molar-refractivity contribution in [2.45, 2.75) is 0 Å².